The summed E-state index contributed by atoms with van der Waals surface area (Å²) in [7, 11) is 0. The minimum Gasteiger partial charge on any atom is -0.457 e. The van der Waals surface area contributed by atoms with Crippen LogP contribution in [0, 0.1) is 17.7 Å². The summed E-state index contributed by atoms with van der Waals surface area (Å²) in [6.45, 7) is -0.262. The van der Waals surface area contributed by atoms with Crippen LogP contribution in [0.2, 0.25) is 0 Å². The first-order valence-electron chi connectivity index (χ1n) is 12.7. The molecule has 1 aliphatic heterocycles. The molecule has 4 aromatic rings. The average Bonchev–Trinajstić information content (AvgIpc) is 3.26. The van der Waals surface area contributed by atoms with Gasteiger partial charge >= 0.3 is 5.97 Å². The lowest BCUT2D eigenvalue weighted by atomic mass is 9.54. The van der Waals surface area contributed by atoms with Crippen LogP contribution in [0.3, 0.4) is 0 Å². The summed E-state index contributed by atoms with van der Waals surface area (Å²) in [4.78, 5) is 39.6. The fraction of sp³-hybridized carbons (Fsp3) is 0.156. The molecule has 2 bridgehead atoms. The van der Waals surface area contributed by atoms with Crippen LogP contribution in [0.1, 0.15) is 38.2 Å². The fourth-order valence-electron chi connectivity index (χ4n) is 6.54. The third kappa shape index (κ3) is 3.17. The van der Waals surface area contributed by atoms with Crippen LogP contribution in [0.15, 0.2) is 97.1 Å². The van der Waals surface area contributed by atoms with Gasteiger partial charge in [0.25, 0.3) is 0 Å². The number of anilines is 1. The number of hydrogen-bond acceptors (Lipinski definition) is 4. The molecule has 2 amide bonds. The molecule has 1 saturated heterocycles. The predicted octanol–water partition coefficient (Wildman–Crippen LogP) is 6.28. The van der Waals surface area contributed by atoms with Gasteiger partial charge in [0, 0.05) is 5.56 Å². The topological polar surface area (TPSA) is 63.7 Å². The first-order chi connectivity index (χ1) is 19.3. The Balaban J connectivity index is 1.28. The SMILES string of the molecule is O=C(OCc1ccccc1F)c1cccc(N2C(=O)[C@@H]3[C@@H](C2=O)C2(Cl)c4ccccc4C3(Cl)c3ccccc32)c1. The van der Waals surface area contributed by atoms with Crippen molar-refractivity contribution in [2.24, 2.45) is 11.8 Å². The van der Waals surface area contributed by atoms with Crippen molar-refractivity contribution in [1.29, 1.82) is 0 Å². The van der Waals surface area contributed by atoms with Crippen molar-refractivity contribution < 1.29 is 23.5 Å². The number of halogens is 3. The van der Waals surface area contributed by atoms with E-state index in [1.165, 1.54) is 24.3 Å². The van der Waals surface area contributed by atoms with Gasteiger partial charge in [-0.1, -0.05) is 72.8 Å². The van der Waals surface area contributed by atoms with Crippen LogP contribution in [0.25, 0.3) is 0 Å². The summed E-state index contributed by atoms with van der Waals surface area (Å²) in [5, 5.41) is 0. The number of nitrogens with zero attached hydrogens (tertiary/aromatic N) is 1. The van der Waals surface area contributed by atoms with Crippen molar-refractivity contribution >= 4 is 46.7 Å². The molecule has 8 rings (SSSR count). The molecule has 8 heteroatoms. The minimum atomic E-state index is -1.30. The fourth-order valence-corrected chi connectivity index (χ4v) is 7.63. The van der Waals surface area contributed by atoms with Gasteiger partial charge < -0.3 is 4.74 Å². The number of amides is 2. The van der Waals surface area contributed by atoms with E-state index in [-0.39, 0.29) is 23.4 Å². The lowest BCUT2D eigenvalue weighted by Gasteiger charge is -2.54. The van der Waals surface area contributed by atoms with Crippen molar-refractivity contribution in [2.75, 3.05) is 4.90 Å². The van der Waals surface area contributed by atoms with Gasteiger partial charge in [0.15, 0.2) is 0 Å². The highest BCUT2D eigenvalue weighted by Crippen LogP contribution is 2.69. The van der Waals surface area contributed by atoms with E-state index in [2.05, 4.69) is 0 Å². The molecule has 0 N–H and O–H groups in total. The van der Waals surface area contributed by atoms with E-state index < -0.39 is 45.2 Å². The first-order valence-corrected chi connectivity index (χ1v) is 13.5. The van der Waals surface area contributed by atoms with E-state index >= 15 is 0 Å². The molecule has 1 heterocycles. The van der Waals surface area contributed by atoms with Crippen molar-refractivity contribution in [2.45, 2.75) is 16.4 Å². The number of hydrogen-bond donors (Lipinski definition) is 0. The molecule has 0 aromatic heterocycles. The molecule has 3 aliphatic carbocycles. The third-order valence-corrected chi connectivity index (χ3v) is 9.53. The lowest BCUT2D eigenvalue weighted by Crippen LogP contribution is -2.57. The Morgan fingerprint density at radius 2 is 1.25 bits per heavy atom. The average molecular weight is 572 g/mol. The number of esters is 1. The maximum absolute atomic E-state index is 14.1. The van der Waals surface area contributed by atoms with Crippen LogP contribution in [0.4, 0.5) is 10.1 Å². The number of alkyl halides is 2. The molecule has 40 heavy (non-hydrogen) atoms. The summed E-state index contributed by atoms with van der Waals surface area (Å²) in [5.74, 6) is -4.10. The number of carbonyl (C=O) groups is 3. The standard InChI is InChI=1S/C32H20Cl2FNO4/c33-31-21-11-2-3-12-22(21)32(34,24-14-5-4-13-23(24)31)27-26(31)28(37)36(29(27)38)20-10-7-9-18(16-20)30(39)40-17-19-8-1-6-15-25(19)35/h1-16,26-27H,17H2/t26-,27-,31?,32?/m0/s1. The van der Waals surface area contributed by atoms with E-state index in [0.717, 1.165) is 4.90 Å². The zero-order valence-corrected chi connectivity index (χ0v) is 22.3. The molecule has 4 aromatic carbocycles. The Labute approximate surface area is 239 Å². The van der Waals surface area contributed by atoms with Crippen LogP contribution in [-0.4, -0.2) is 17.8 Å². The smallest absolute Gasteiger partial charge is 0.338 e. The monoisotopic (exact) mass is 571 g/mol. The summed E-state index contributed by atoms with van der Waals surface area (Å²) >= 11 is 14.9. The minimum absolute atomic E-state index is 0.111. The van der Waals surface area contributed by atoms with Gasteiger partial charge in [-0.15, -0.1) is 23.2 Å². The molecular formula is C32H20Cl2FNO4. The van der Waals surface area contributed by atoms with Gasteiger partial charge in [0.1, 0.15) is 22.2 Å². The Morgan fingerprint density at radius 3 is 1.77 bits per heavy atom. The molecule has 5 nitrogen and oxygen atoms in total. The molecule has 2 atom stereocenters. The molecule has 198 valence electrons. The lowest BCUT2D eigenvalue weighted by molar-refractivity contribution is -0.122. The molecule has 0 spiro atoms. The second kappa shape index (κ2) is 8.75. The second-order valence-corrected chi connectivity index (χ2v) is 11.4. The summed E-state index contributed by atoms with van der Waals surface area (Å²) < 4.78 is 19.3. The van der Waals surface area contributed by atoms with Crippen molar-refractivity contribution in [1.82, 2.24) is 0 Å². The molecule has 4 aliphatic rings. The number of ether oxygens (including phenoxy) is 1. The van der Waals surface area contributed by atoms with E-state index in [4.69, 9.17) is 27.9 Å². The van der Waals surface area contributed by atoms with Gasteiger partial charge in [0.05, 0.1) is 23.1 Å². The van der Waals surface area contributed by atoms with Crippen LogP contribution >= 0.6 is 23.2 Å². The molecule has 0 saturated carbocycles. The Bertz CT molecular complexity index is 1630. The number of carbonyl (C=O) groups excluding carboxylic acids is 3. The van der Waals surface area contributed by atoms with Gasteiger partial charge in [-0.05, 0) is 46.5 Å². The van der Waals surface area contributed by atoms with E-state index in [9.17, 15) is 18.8 Å². The first kappa shape index (κ1) is 25.0. The second-order valence-electron chi connectivity index (χ2n) is 10.2. The molecule has 0 unspecified atom stereocenters. The van der Waals surface area contributed by atoms with Crippen molar-refractivity contribution in [3.8, 4) is 0 Å². The third-order valence-electron chi connectivity index (χ3n) is 8.24. The number of imide groups is 1. The maximum Gasteiger partial charge on any atom is 0.338 e. The number of benzene rings is 4. The normalized spacial score (nSPS) is 25.8. The van der Waals surface area contributed by atoms with Gasteiger partial charge in [-0.3, -0.25) is 9.59 Å². The maximum atomic E-state index is 14.1. The summed E-state index contributed by atoms with van der Waals surface area (Å²) in [5.41, 5.74) is 3.38. The highest BCUT2D eigenvalue weighted by molar-refractivity contribution is 6.38. The van der Waals surface area contributed by atoms with Gasteiger partial charge in [-0.25, -0.2) is 14.1 Å². The highest BCUT2D eigenvalue weighted by Gasteiger charge is 2.73. The van der Waals surface area contributed by atoms with E-state index in [0.29, 0.717) is 22.3 Å². The summed E-state index contributed by atoms with van der Waals surface area (Å²) in [6.07, 6.45) is 0. The summed E-state index contributed by atoms with van der Waals surface area (Å²) in [6, 6.07) is 26.9. The van der Waals surface area contributed by atoms with Crippen LogP contribution in [0.5, 0.6) is 0 Å². The van der Waals surface area contributed by atoms with Gasteiger partial charge in [-0.2, -0.15) is 0 Å². The molecule has 1 fully saturated rings. The van der Waals surface area contributed by atoms with Crippen molar-refractivity contribution in [3.05, 3.63) is 136 Å². The Hall–Kier alpha value is -4.00. The zero-order valence-electron chi connectivity index (χ0n) is 20.8. The molecular weight excluding hydrogens is 552 g/mol. The van der Waals surface area contributed by atoms with Gasteiger partial charge in [0.2, 0.25) is 11.8 Å². The van der Waals surface area contributed by atoms with Crippen molar-refractivity contribution in [3.63, 3.8) is 0 Å². The number of rotatable bonds is 4. The van der Waals surface area contributed by atoms with E-state index in [1.54, 1.807) is 24.3 Å². The Kier molecular flexibility index (Phi) is 5.47. The largest absolute Gasteiger partial charge is 0.457 e. The van der Waals surface area contributed by atoms with Crippen LogP contribution in [-0.2, 0) is 30.7 Å². The predicted molar refractivity (Wildman–Crippen MR) is 148 cm³/mol. The zero-order chi connectivity index (χ0) is 27.8. The molecule has 0 radical (unpaired) electrons. The van der Waals surface area contributed by atoms with E-state index in [1.807, 2.05) is 48.5 Å². The quantitative estimate of drug-likeness (QED) is 0.164. The Morgan fingerprint density at radius 1 is 0.750 bits per heavy atom. The van der Waals surface area contributed by atoms with Crippen LogP contribution < -0.4 is 4.90 Å². The highest BCUT2D eigenvalue weighted by atomic mass is 35.5.